The standard InChI is InChI=1S/C23H23FN4O/c1-17-6-4-7-18(16-17)27-12-14-28(15-13-27)23(29)19-8-5-11-25-22(19)26-21-10-3-2-9-20(21)24/h2-11,16H,12-15H2,1H3,(H,25,26). The molecule has 29 heavy (non-hydrogen) atoms. The van der Waals surface area contributed by atoms with Gasteiger partial charge in [0.05, 0.1) is 11.3 Å². The third-order valence-electron chi connectivity index (χ3n) is 5.10. The number of nitrogens with one attached hydrogen (secondary N) is 1. The van der Waals surface area contributed by atoms with Gasteiger partial charge in [-0.05, 0) is 48.9 Å². The van der Waals surface area contributed by atoms with Gasteiger partial charge in [0, 0.05) is 38.1 Å². The quantitative estimate of drug-likeness (QED) is 0.724. The molecule has 1 aliphatic rings. The number of aromatic nitrogens is 1. The highest BCUT2D eigenvalue weighted by Gasteiger charge is 2.24. The lowest BCUT2D eigenvalue weighted by molar-refractivity contribution is 0.0747. The van der Waals surface area contributed by atoms with Gasteiger partial charge in [0.15, 0.2) is 0 Å². The fourth-order valence-corrected chi connectivity index (χ4v) is 3.53. The topological polar surface area (TPSA) is 48.5 Å². The predicted molar refractivity (Wildman–Crippen MR) is 113 cm³/mol. The predicted octanol–water partition coefficient (Wildman–Crippen LogP) is 4.24. The molecule has 0 saturated carbocycles. The summed E-state index contributed by atoms with van der Waals surface area (Å²) in [6.45, 7) is 4.87. The van der Waals surface area contributed by atoms with E-state index in [4.69, 9.17) is 0 Å². The number of halogens is 1. The molecule has 148 valence electrons. The average molecular weight is 390 g/mol. The van der Waals surface area contributed by atoms with E-state index >= 15 is 0 Å². The van der Waals surface area contributed by atoms with Crippen molar-refractivity contribution >= 4 is 23.1 Å². The van der Waals surface area contributed by atoms with Crippen molar-refractivity contribution in [1.82, 2.24) is 9.88 Å². The van der Waals surface area contributed by atoms with Crippen molar-refractivity contribution < 1.29 is 9.18 Å². The number of piperazine rings is 1. The Labute approximate surface area is 169 Å². The summed E-state index contributed by atoms with van der Waals surface area (Å²) < 4.78 is 14.0. The summed E-state index contributed by atoms with van der Waals surface area (Å²) in [7, 11) is 0. The highest BCUT2D eigenvalue weighted by atomic mass is 19.1. The SMILES string of the molecule is Cc1cccc(N2CCN(C(=O)c3cccnc3Nc3ccccc3F)CC2)c1. The number of hydrogen-bond acceptors (Lipinski definition) is 4. The second-order valence-electron chi connectivity index (χ2n) is 7.12. The largest absolute Gasteiger partial charge is 0.368 e. The third kappa shape index (κ3) is 4.21. The Hall–Kier alpha value is -3.41. The second-order valence-corrected chi connectivity index (χ2v) is 7.12. The molecular weight excluding hydrogens is 367 g/mol. The lowest BCUT2D eigenvalue weighted by atomic mass is 10.1. The van der Waals surface area contributed by atoms with Gasteiger partial charge in [-0.1, -0.05) is 24.3 Å². The van der Waals surface area contributed by atoms with Gasteiger partial charge < -0.3 is 15.1 Å². The molecule has 0 radical (unpaired) electrons. The van der Waals surface area contributed by atoms with Crippen LogP contribution in [0.15, 0.2) is 66.9 Å². The molecule has 0 spiro atoms. The van der Waals surface area contributed by atoms with E-state index in [0.29, 0.717) is 30.2 Å². The summed E-state index contributed by atoms with van der Waals surface area (Å²) in [6.07, 6.45) is 1.59. The normalized spacial score (nSPS) is 14.0. The molecule has 0 atom stereocenters. The molecule has 1 aromatic heterocycles. The van der Waals surface area contributed by atoms with E-state index in [1.165, 1.54) is 17.3 Å². The minimum absolute atomic E-state index is 0.0965. The van der Waals surface area contributed by atoms with Crippen LogP contribution in [0.2, 0.25) is 0 Å². The lowest BCUT2D eigenvalue weighted by Crippen LogP contribution is -2.49. The van der Waals surface area contributed by atoms with Crippen LogP contribution in [0.4, 0.5) is 21.6 Å². The van der Waals surface area contributed by atoms with Crippen molar-refractivity contribution in [2.24, 2.45) is 0 Å². The zero-order chi connectivity index (χ0) is 20.2. The van der Waals surface area contributed by atoms with Gasteiger partial charge in [-0.3, -0.25) is 4.79 Å². The molecule has 0 aliphatic carbocycles. The zero-order valence-corrected chi connectivity index (χ0v) is 16.3. The van der Waals surface area contributed by atoms with Gasteiger partial charge in [-0.2, -0.15) is 0 Å². The minimum Gasteiger partial charge on any atom is -0.368 e. The third-order valence-corrected chi connectivity index (χ3v) is 5.10. The van der Waals surface area contributed by atoms with Crippen LogP contribution in [0.3, 0.4) is 0 Å². The van der Waals surface area contributed by atoms with Gasteiger partial charge in [0.1, 0.15) is 11.6 Å². The Morgan fingerprint density at radius 2 is 1.79 bits per heavy atom. The molecule has 0 unspecified atom stereocenters. The minimum atomic E-state index is -0.386. The van der Waals surface area contributed by atoms with E-state index in [2.05, 4.69) is 46.4 Å². The molecule has 1 N–H and O–H groups in total. The van der Waals surface area contributed by atoms with Crippen LogP contribution >= 0.6 is 0 Å². The van der Waals surface area contributed by atoms with Gasteiger partial charge >= 0.3 is 0 Å². The van der Waals surface area contributed by atoms with Gasteiger partial charge in [0.25, 0.3) is 5.91 Å². The number of rotatable bonds is 4. The van der Waals surface area contributed by atoms with Crippen LogP contribution in [0.5, 0.6) is 0 Å². The van der Waals surface area contributed by atoms with Gasteiger partial charge in [-0.25, -0.2) is 9.37 Å². The fourth-order valence-electron chi connectivity index (χ4n) is 3.53. The highest BCUT2D eigenvalue weighted by Crippen LogP contribution is 2.23. The summed E-state index contributed by atoms with van der Waals surface area (Å²) in [5.74, 6) is -0.118. The van der Waals surface area contributed by atoms with Crippen LogP contribution < -0.4 is 10.2 Å². The number of anilines is 3. The van der Waals surface area contributed by atoms with Crippen molar-refractivity contribution in [3.63, 3.8) is 0 Å². The molecule has 1 amide bonds. The molecule has 2 aromatic carbocycles. The Kier molecular flexibility index (Phi) is 5.42. The van der Waals surface area contributed by atoms with Crippen molar-refractivity contribution in [2.75, 3.05) is 36.4 Å². The van der Waals surface area contributed by atoms with Crippen molar-refractivity contribution in [3.05, 3.63) is 83.8 Å². The first kappa shape index (κ1) is 18.9. The molecule has 1 aliphatic heterocycles. The summed E-state index contributed by atoms with van der Waals surface area (Å²) in [6, 6.07) is 18.2. The maximum atomic E-state index is 14.0. The number of pyridine rings is 1. The Morgan fingerprint density at radius 1 is 1.00 bits per heavy atom. The number of amides is 1. The number of para-hydroxylation sites is 1. The molecule has 2 heterocycles. The first-order valence-corrected chi connectivity index (χ1v) is 9.69. The molecular formula is C23H23FN4O. The number of nitrogens with zero attached hydrogens (tertiary/aromatic N) is 3. The van der Waals surface area contributed by atoms with E-state index in [9.17, 15) is 9.18 Å². The molecule has 4 rings (SSSR count). The maximum Gasteiger partial charge on any atom is 0.257 e. The summed E-state index contributed by atoms with van der Waals surface area (Å²) in [4.78, 5) is 21.5. The number of carbonyl (C=O) groups excluding carboxylic acids is 1. The van der Waals surface area contributed by atoms with Gasteiger partial charge in [0.2, 0.25) is 0 Å². The van der Waals surface area contributed by atoms with Crippen LogP contribution in [0.1, 0.15) is 15.9 Å². The average Bonchev–Trinajstić information content (AvgIpc) is 2.75. The first-order chi connectivity index (χ1) is 14.1. The summed E-state index contributed by atoms with van der Waals surface area (Å²) in [5.41, 5.74) is 3.14. The first-order valence-electron chi connectivity index (χ1n) is 9.69. The summed E-state index contributed by atoms with van der Waals surface area (Å²) in [5, 5.41) is 2.96. The van der Waals surface area contributed by atoms with Crippen LogP contribution in [-0.2, 0) is 0 Å². The van der Waals surface area contributed by atoms with Crippen molar-refractivity contribution in [3.8, 4) is 0 Å². The molecule has 5 nitrogen and oxygen atoms in total. The molecule has 6 heteroatoms. The zero-order valence-electron chi connectivity index (χ0n) is 16.3. The smallest absolute Gasteiger partial charge is 0.257 e. The lowest BCUT2D eigenvalue weighted by Gasteiger charge is -2.36. The van der Waals surface area contributed by atoms with E-state index in [1.807, 2.05) is 4.90 Å². The number of aryl methyl sites for hydroxylation is 1. The van der Waals surface area contributed by atoms with Crippen LogP contribution in [0.25, 0.3) is 0 Å². The van der Waals surface area contributed by atoms with E-state index in [1.54, 1.807) is 36.5 Å². The second kappa shape index (κ2) is 8.31. The number of carbonyl (C=O) groups is 1. The van der Waals surface area contributed by atoms with Crippen molar-refractivity contribution in [1.29, 1.82) is 0 Å². The van der Waals surface area contributed by atoms with E-state index < -0.39 is 0 Å². The van der Waals surface area contributed by atoms with Crippen LogP contribution in [-0.4, -0.2) is 42.0 Å². The molecule has 1 fully saturated rings. The maximum absolute atomic E-state index is 14.0. The molecule has 1 saturated heterocycles. The van der Waals surface area contributed by atoms with Crippen LogP contribution in [0, 0.1) is 12.7 Å². The highest BCUT2D eigenvalue weighted by molar-refractivity contribution is 5.99. The Morgan fingerprint density at radius 3 is 2.55 bits per heavy atom. The summed E-state index contributed by atoms with van der Waals surface area (Å²) >= 11 is 0. The van der Waals surface area contributed by atoms with E-state index in [0.717, 1.165) is 13.1 Å². The van der Waals surface area contributed by atoms with Crippen molar-refractivity contribution in [2.45, 2.75) is 6.92 Å². The molecule has 0 bridgehead atoms. The van der Waals surface area contributed by atoms with Gasteiger partial charge in [-0.15, -0.1) is 0 Å². The number of hydrogen-bond donors (Lipinski definition) is 1. The van der Waals surface area contributed by atoms with E-state index in [-0.39, 0.29) is 11.7 Å². The fraction of sp³-hybridized carbons (Fsp3) is 0.217. The monoisotopic (exact) mass is 390 g/mol. The molecule has 3 aromatic rings. The number of benzene rings is 2. The Balaban J connectivity index is 1.47. The Bertz CT molecular complexity index is 1020.